The van der Waals surface area contributed by atoms with E-state index < -0.39 is 0 Å². The van der Waals surface area contributed by atoms with Gasteiger partial charge in [0.2, 0.25) is 0 Å². The Labute approximate surface area is 87.5 Å². The van der Waals surface area contributed by atoms with Crippen molar-refractivity contribution in [3.05, 3.63) is 0 Å². The molecule has 1 aliphatic carbocycles. The third kappa shape index (κ3) is 3.56. The summed E-state index contributed by atoms with van der Waals surface area (Å²) in [6.07, 6.45) is 6.43. The molecule has 1 fully saturated rings. The molecule has 0 aromatic heterocycles. The van der Waals surface area contributed by atoms with Crippen LogP contribution >= 0.6 is 0 Å². The van der Waals surface area contributed by atoms with Crippen LogP contribution in [0.5, 0.6) is 0 Å². The summed E-state index contributed by atoms with van der Waals surface area (Å²) >= 11 is 0. The summed E-state index contributed by atoms with van der Waals surface area (Å²) in [6.45, 7) is 6.06. The predicted molar refractivity (Wildman–Crippen MR) is 59.2 cm³/mol. The summed E-state index contributed by atoms with van der Waals surface area (Å²) in [5, 5.41) is 3.47. The molecule has 1 unspecified atom stereocenters. The van der Waals surface area contributed by atoms with Crippen LogP contribution in [0.4, 0.5) is 4.39 Å². The summed E-state index contributed by atoms with van der Waals surface area (Å²) < 4.78 is 12.8. The Kier molecular flexibility index (Phi) is 4.36. The van der Waals surface area contributed by atoms with Gasteiger partial charge in [0, 0.05) is 12.1 Å². The molecule has 2 heteroatoms. The Morgan fingerprint density at radius 1 is 1.21 bits per heavy atom. The molecule has 1 aliphatic rings. The first kappa shape index (κ1) is 12.0. The van der Waals surface area contributed by atoms with E-state index in [4.69, 9.17) is 0 Å². The molecule has 1 atom stereocenters. The Balaban J connectivity index is 2.39. The van der Waals surface area contributed by atoms with Crippen molar-refractivity contribution in [2.45, 2.75) is 65.0 Å². The van der Waals surface area contributed by atoms with Gasteiger partial charge in [-0.25, -0.2) is 4.39 Å². The first-order chi connectivity index (χ1) is 6.54. The van der Waals surface area contributed by atoms with Crippen LogP contribution in [-0.2, 0) is 0 Å². The van der Waals surface area contributed by atoms with Crippen LogP contribution in [0.1, 0.15) is 52.9 Å². The molecular weight excluding hydrogens is 177 g/mol. The minimum atomic E-state index is -0.250. The van der Waals surface area contributed by atoms with Gasteiger partial charge < -0.3 is 5.32 Å². The van der Waals surface area contributed by atoms with Crippen molar-refractivity contribution in [3.8, 4) is 0 Å². The van der Waals surface area contributed by atoms with Crippen LogP contribution in [0.2, 0.25) is 0 Å². The van der Waals surface area contributed by atoms with Crippen molar-refractivity contribution in [3.63, 3.8) is 0 Å². The maximum Gasteiger partial charge on any atom is 0.105 e. The zero-order valence-corrected chi connectivity index (χ0v) is 9.78. The molecule has 0 aromatic carbocycles. The molecule has 0 aromatic rings. The summed E-state index contributed by atoms with van der Waals surface area (Å²) in [4.78, 5) is 0. The van der Waals surface area contributed by atoms with E-state index in [-0.39, 0.29) is 18.1 Å². The van der Waals surface area contributed by atoms with Gasteiger partial charge in [-0.1, -0.05) is 40.0 Å². The average molecular weight is 201 g/mol. The molecule has 14 heavy (non-hydrogen) atoms. The van der Waals surface area contributed by atoms with Gasteiger partial charge >= 0.3 is 0 Å². The molecule has 0 saturated heterocycles. The lowest BCUT2D eigenvalue weighted by Gasteiger charge is -2.34. The highest BCUT2D eigenvalue weighted by Gasteiger charge is 2.27. The molecule has 0 bridgehead atoms. The fourth-order valence-corrected chi connectivity index (χ4v) is 2.08. The smallest absolute Gasteiger partial charge is 0.105 e. The number of halogens is 1. The largest absolute Gasteiger partial charge is 0.308 e. The van der Waals surface area contributed by atoms with E-state index in [1.54, 1.807) is 0 Å². The summed E-state index contributed by atoms with van der Waals surface area (Å²) in [5.41, 5.74) is 0.0339. The Bertz CT molecular complexity index is 156. The fraction of sp³-hybridized carbons (Fsp3) is 1.00. The van der Waals surface area contributed by atoms with E-state index in [1.807, 2.05) is 0 Å². The normalized spacial score (nSPS) is 22.3. The quantitative estimate of drug-likeness (QED) is 0.739. The molecule has 1 N–H and O–H groups in total. The third-order valence-corrected chi connectivity index (χ3v) is 3.24. The van der Waals surface area contributed by atoms with E-state index in [0.29, 0.717) is 6.04 Å². The van der Waals surface area contributed by atoms with Crippen molar-refractivity contribution in [2.24, 2.45) is 5.41 Å². The van der Waals surface area contributed by atoms with Gasteiger partial charge in [0.25, 0.3) is 0 Å². The Morgan fingerprint density at radius 3 is 2.21 bits per heavy atom. The van der Waals surface area contributed by atoms with E-state index in [0.717, 1.165) is 0 Å². The lowest BCUT2D eigenvalue weighted by Crippen LogP contribution is -2.47. The highest BCUT2D eigenvalue weighted by atomic mass is 19.1. The standard InChI is InChI=1S/C12H24FN/c1-12(2,3)11(9-13)14-10-7-5-4-6-8-10/h10-11,14H,4-9H2,1-3H3. The number of alkyl halides is 1. The zero-order valence-electron chi connectivity index (χ0n) is 9.78. The molecule has 1 saturated carbocycles. The topological polar surface area (TPSA) is 12.0 Å². The van der Waals surface area contributed by atoms with Crippen molar-refractivity contribution in [2.75, 3.05) is 6.67 Å². The van der Waals surface area contributed by atoms with Gasteiger partial charge in [-0.3, -0.25) is 0 Å². The highest BCUT2D eigenvalue weighted by Crippen LogP contribution is 2.24. The molecule has 0 aliphatic heterocycles. The lowest BCUT2D eigenvalue weighted by atomic mass is 9.85. The monoisotopic (exact) mass is 201 g/mol. The van der Waals surface area contributed by atoms with Gasteiger partial charge in [0.15, 0.2) is 0 Å². The zero-order chi connectivity index (χ0) is 10.6. The maximum absolute atomic E-state index is 12.8. The Hall–Kier alpha value is -0.110. The molecule has 84 valence electrons. The molecule has 0 amide bonds. The number of hydrogen-bond acceptors (Lipinski definition) is 1. The van der Waals surface area contributed by atoms with E-state index in [1.165, 1.54) is 32.1 Å². The van der Waals surface area contributed by atoms with Crippen molar-refractivity contribution < 1.29 is 4.39 Å². The second-order valence-corrected chi connectivity index (χ2v) is 5.57. The lowest BCUT2D eigenvalue weighted by molar-refractivity contribution is 0.188. The molecule has 1 rings (SSSR count). The predicted octanol–water partition coefficient (Wildman–Crippen LogP) is 3.29. The maximum atomic E-state index is 12.8. The average Bonchev–Trinajstić information content (AvgIpc) is 2.14. The van der Waals surface area contributed by atoms with Crippen molar-refractivity contribution in [1.82, 2.24) is 5.32 Å². The SMILES string of the molecule is CC(C)(C)C(CF)NC1CCCCC1. The Morgan fingerprint density at radius 2 is 1.79 bits per heavy atom. The van der Waals surface area contributed by atoms with Crippen LogP contribution in [0.3, 0.4) is 0 Å². The van der Waals surface area contributed by atoms with Crippen molar-refractivity contribution >= 4 is 0 Å². The van der Waals surface area contributed by atoms with E-state index in [9.17, 15) is 4.39 Å². The van der Waals surface area contributed by atoms with Gasteiger partial charge in [-0.2, -0.15) is 0 Å². The fourth-order valence-electron chi connectivity index (χ4n) is 2.08. The van der Waals surface area contributed by atoms with Gasteiger partial charge in [-0.05, 0) is 18.3 Å². The van der Waals surface area contributed by atoms with Crippen molar-refractivity contribution in [1.29, 1.82) is 0 Å². The first-order valence-corrected chi connectivity index (χ1v) is 5.86. The molecule has 0 heterocycles. The van der Waals surface area contributed by atoms with Gasteiger partial charge in [-0.15, -0.1) is 0 Å². The number of hydrogen-bond donors (Lipinski definition) is 1. The highest BCUT2D eigenvalue weighted by molar-refractivity contribution is 4.84. The number of rotatable bonds is 3. The summed E-state index contributed by atoms with van der Waals surface area (Å²) in [5.74, 6) is 0. The molecular formula is C12H24FN. The van der Waals surface area contributed by atoms with E-state index in [2.05, 4.69) is 26.1 Å². The van der Waals surface area contributed by atoms with Crippen LogP contribution < -0.4 is 5.32 Å². The van der Waals surface area contributed by atoms with Gasteiger partial charge in [0.1, 0.15) is 6.67 Å². The minimum absolute atomic E-state index is 0.0191. The minimum Gasteiger partial charge on any atom is -0.308 e. The van der Waals surface area contributed by atoms with Crippen LogP contribution in [-0.4, -0.2) is 18.8 Å². The molecule has 0 spiro atoms. The molecule has 0 radical (unpaired) electrons. The number of nitrogens with one attached hydrogen (secondary N) is 1. The third-order valence-electron chi connectivity index (χ3n) is 3.24. The first-order valence-electron chi connectivity index (χ1n) is 5.86. The summed E-state index contributed by atoms with van der Waals surface area (Å²) in [6, 6.07) is 0.578. The second-order valence-electron chi connectivity index (χ2n) is 5.57. The van der Waals surface area contributed by atoms with Crippen LogP contribution in [0.25, 0.3) is 0 Å². The molecule has 1 nitrogen and oxygen atoms in total. The summed E-state index contributed by atoms with van der Waals surface area (Å²) in [7, 11) is 0. The van der Waals surface area contributed by atoms with E-state index >= 15 is 0 Å². The van der Waals surface area contributed by atoms with Crippen LogP contribution in [0, 0.1) is 5.41 Å². The van der Waals surface area contributed by atoms with Gasteiger partial charge in [0.05, 0.1) is 0 Å². The second kappa shape index (κ2) is 5.11. The van der Waals surface area contributed by atoms with Crippen LogP contribution in [0.15, 0.2) is 0 Å².